The van der Waals surface area contributed by atoms with Crippen molar-refractivity contribution in [3.63, 3.8) is 0 Å². The fourth-order valence-corrected chi connectivity index (χ4v) is 0.440. The summed E-state index contributed by atoms with van der Waals surface area (Å²) >= 11 is 0. The molecule has 0 aromatic rings. The number of nitrogens with two attached hydrogens (primary N) is 2. The molecule has 0 fully saturated rings. The third-order valence-electron chi connectivity index (χ3n) is 1.01. The Bertz CT molecular complexity index is 156. The summed E-state index contributed by atoms with van der Waals surface area (Å²) in [4.78, 5) is 10.2. The first-order valence-electron chi connectivity index (χ1n) is 4.17. The molecule has 0 aromatic heterocycles. The van der Waals surface area contributed by atoms with Crippen molar-refractivity contribution in [3.05, 3.63) is 0 Å². The molecule has 0 aliphatic carbocycles. The van der Waals surface area contributed by atoms with E-state index >= 15 is 0 Å². The second-order valence-electron chi connectivity index (χ2n) is 1.89. The summed E-state index contributed by atoms with van der Waals surface area (Å²) in [6.45, 7) is 0.0561. The zero-order valence-corrected chi connectivity index (χ0v) is 5.66. The molecule has 0 aromatic carbocycles. The van der Waals surface area contributed by atoms with E-state index in [4.69, 9.17) is 19.3 Å². The minimum Gasteiger partial charge on any atom is -0.480 e. The maximum absolute atomic E-state index is 10.2. The van der Waals surface area contributed by atoms with Gasteiger partial charge in [0.15, 0.2) is 0 Å². The van der Waals surface area contributed by atoms with E-state index in [1.165, 1.54) is 0 Å². The molecule has 0 heterocycles. The fourth-order valence-electron chi connectivity index (χ4n) is 0.440. The van der Waals surface area contributed by atoms with Crippen LogP contribution in [0, 0.1) is 0 Å². The number of carbonyl (C=O) groups is 1. The van der Waals surface area contributed by atoms with E-state index in [-0.39, 0.29) is 13.0 Å². The van der Waals surface area contributed by atoms with Crippen molar-refractivity contribution in [1.29, 1.82) is 0 Å². The Morgan fingerprint density at radius 1 is 1.70 bits per heavy atom. The lowest BCUT2D eigenvalue weighted by atomic mass is 10.1. The molecule has 10 heavy (non-hydrogen) atoms. The van der Waals surface area contributed by atoms with Crippen LogP contribution >= 0.6 is 0 Å². The number of carboxylic acids is 1. The average Bonchev–Trinajstić information content (AvgIpc) is 2.02. The van der Waals surface area contributed by atoms with Crippen molar-refractivity contribution >= 4 is 5.97 Å². The number of hydrogen-bond acceptors (Lipinski definition) is 3. The lowest BCUT2D eigenvalue weighted by molar-refractivity contribution is -0.138. The summed E-state index contributed by atoms with van der Waals surface area (Å²) in [5.74, 6) is -1.14. The first-order valence-corrected chi connectivity index (χ1v) is 3.02. The average molecular weight is 150 g/mol. The third-order valence-corrected chi connectivity index (χ3v) is 1.01. The minimum atomic E-state index is -1.14. The zero-order valence-electron chi connectivity index (χ0n) is 7.66. The molecule has 0 aliphatic rings. The molecule has 60 valence electrons. The van der Waals surface area contributed by atoms with Crippen LogP contribution in [0.2, 0.25) is 0 Å². The molecule has 3 atom stereocenters. The predicted octanol–water partition coefficient (Wildman–Crippen LogP) is -0.473. The minimum absolute atomic E-state index is 0.0271. The van der Waals surface area contributed by atoms with Crippen molar-refractivity contribution < 1.29 is 12.6 Å². The van der Waals surface area contributed by atoms with Crippen molar-refractivity contribution in [2.75, 3.05) is 6.54 Å². The number of hydrogen-bond donors (Lipinski definition) is 3. The van der Waals surface area contributed by atoms with Crippen molar-refractivity contribution in [3.8, 4) is 0 Å². The van der Waals surface area contributed by atoms with Gasteiger partial charge in [-0.15, -0.1) is 0 Å². The van der Waals surface area contributed by atoms with Crippen LogP contribution in [-0.2, 0) is 4.79 Å². The molecule has 0 radical (unpaired) electrons. The van der Waals surface area contributed by atoms with Crippen molar-refractivity contribution in [2.45, 2.75) is 25.3 Å². The van der Waals surface area contributed by atoms with Gasteiger partial charge in [0.2, 0.25) is 0 Å². The van der Waals surface area contributed by atoms with E-state index in [0.717, 1.165) is 0 Å². The van der Waals surface area contributed by atoms with Crippen LogP contribution in [0.3, 0.4) is 0 Å². The largest absolute Gasteiger partial charge is 0.480 e. The molecule has 0 saturated carbocycles. The third kappa shape index (κ3) is 4.29. The molecule has 4 heteroatoms. The quantitative estimate of drug-likeness (QED) is 0.494. The number of aliphatic carboxylic acids is 1. The second kappa shape index (κ2) is 5.20. The van der Waals surface area contributed by atoms with Gasteiger partial charge >= 0.3 is 5.97 Å². The molecule has 4 nitrogen and oxygen atoms in total. The van der Waals surface area contributed by atoms with Crippen LogP contribution in [-0.4, -0.2) is 23.7 Å². The summed E-state index contributed by atoms with van der Waals surface area (Å²) < 4.78 is 14.5. The highest BCUT2D eigenvalue weighted by Gasteiger charge is 2.09. The summed E-state index contributed by atoms with van der Waals surface area (Å²) in [7, 11) is 0. The molecule has 0 spiro atoms. The van der Waals surface area contributed by atoms with E-state index in [1.54, 1.807) is 0 Å². The first kappa shape index (κ1) is 6.12. The molecular formula is C6H14N2O2. The van der Waals surface area contributed by atoms with Gasteiger partial charge in [-0.2, -0.15) is 0 Å². The van der Waals surface area contributed by atoms with Crippen LogP contribution in [0.25, 0.3) is 0 Å². The van der Waals surface area contributed by atoms with E-state index < -0.39 is 24.8 Å². The van der Waals surface area contributed by atoms with Crippen LogP contribution < -0.4 is 11.5 Å². The lowest BCUT2D eigenvalue weighted by Crippen LogP contribution is -2.29. The van der Waals surface area contributed by atoms with Crippen molar-refractivity contribution in [2.24, 2.45) is 11.5 Å². The Hall–Kier alpha value is -0.610. The highest BCUT2D eigenvalue weighted by molar-refractivity contribution is 5.72. The van der Waals surface area contributed by atoms with Gasteiger partial charge < -0.3 is 16.6 Å². The molecule has 5 N–H and O–H groups in total. The first-order chi connectivity index (χ1) is 5.49. The van der Waals surface area contributed by atoms with Gasteiger partial charge in [0, 0.05) is 2.74 Å². The maximum Gasteiger partial charge on any atom is 0.320 e. The van der Waals surface area contributed by atoms with E-state index in [0.29, 0.717) is 0 Å². The SMILES string of the molecule is [3H]C(CN)C([3H])CC(N)C(=O)O. The summed E-state index contributed by atoms with van der Waals surface area (Å²) in [5, 5.41) is 8.38. The Morgan fingerprint density at radius 3 is 2.70 bits per heavy atom. The van der Waals surface area contributed by atoms with Gasteiger partial charge in [0.25, 0.3) is 0 Å². The predicted molar refractivity (Wildman–Crippen MR) is 38.5 cm³/mol. The Balaban J connectivity index is 3.83. The standard InChI is InChI=1S/C6H14N2O2/c7-4-2-1-3-5(8)6(9)10/h5H,1-4,7-8H2,(H,9,10)/i1T,2T. The normalized spacial score (nSPS) is 22.2. The van der Waals surface area contributed by atoms with Crippen molar-refractivity contribution in [1.82, 2.24) is 0 Å². The van der Waals surface area contributed by atoms with Crippen LogP contribution in [0.1, 0.15) is 22.0 Å². The van der Waals surface area contributed by atoms with Gasteiger partial charge in [0.05, 0.1) is 0 Å². The van der Waals surface area contributed by atoms with E-state index in [1.807, 2.05) is 0 Å². The zero-order chi connectivity index (χ0) is 9.72. The van der Waals surface area contributed by atoms with E-state index in [2.05, 4.69) is 0 Å². The number of rotatable bonds is 5. The van der Waals surface area contributed by atoms with Gasteiger partial charge in [-0.1, -0.05) is 6.40 Å². The molecule has 0 rings (SSSR count). The van der Waals surface area contributed by atoms with Crippen LogP contribution in [0.5, 0.6) is 0 Å². The van der Waals surface area contributed by atoms with Crippen LogP contribution in [0.15, 0.2) is 0 Å². The molecule has 0 aliphatic heterocycles. The molecular weight excluding hydrogens is 132 g/mol. The smallest absolute Gasteiger partial charge is 0.320 e. The summed E-state index contributed by atoms with van der Waals surface area (Å²) in [6.07, 6.45) is -1.60. The summed E-state index contributed by atoms with van der Waals surface area (Å²) in [5.41, 5.74) is 10.3. The topological polar surface area (TPSA) is 89.3 Å². The molecule has 0 saturated heterocycles. The summed E-state index contributed by atoms with van der Waals surface area (Å²) in [6, 6.07) is -1.06. The van der Waals surface area contributed by atoms with Gasteiger partial charge in [-0.3, -0.25) is 4.79 Å². The van der Waals surface area contributed by atoms with Gasteiger partial charge in [0.1, 0.15) is 6.04 Å². The van der Waals surface area contributed by atoms with Gasteiger partial charge in [-0.05, 0) is 19.4 Å². The monoisotopic (exact) mass is 150 g/mol. The lowest BCUT2D eigenvalue weighted by Gasteiger charge is -2.03. The van der Waals surface area contributed by atoms with E-state index in [9.17, 15) is 4.79 Å². The maximum atomic E-state index is 10.2. The second-order valence-corrected chi connectivity index (χ2v) is 1.89. The molecule has 0 amide bonds. The Morgan fingerprint density at radius 2 is 2.30 bits per heavy atom. The Kier molecular flexibility index (Phi) is 3.18. The Labute approximate surface area is 63.0 Å². The number of carboxylic acid groups (broad SMARTS) is 1. The molecule has 0 bridgehead atoms. The molecule has 3 unspecified atom stereocenters. The van der Waals surface area contributed by atoms with Crippen LogP contribution in [0.4, 0.5) is 0 Å². The highest BCUT2D eigenvalue weighted by Crippen LogP contribution is 1.96. The fraction of sp³-hybridized carbons (Fsp3) is 0.833. The van der Waals surface area contributed by atoms with Gasteiger partial charge in [-0.25, -0.2) is 0 Å². The highest BCUT2D eigenvalue weighted by atomic mass is 16.4.